The van der Waals surface area contributed by atoms with Gasteiger partial charge < -0.3 is 0 Å². The highest BCUT2D eigenvalue weighted by Gasteiger charge is 2.15. The second-order valence-electron chi connectivity index (χ2n) is 6.35. The van der Waals surface area contributed by atoms with E-state index < -0.39 is 10.0 Å². The van der Waals surface area contributed by atoms with Gasteiger partial charge in [0.05, 0.1) is 16.8 Å². The number of aromatic amines is 1. The fourth-order valence-electron chi connectivity index (χ4n) is 2.51. The standard InChI is InChI=1S/C18H20N4O3S/c1-12(2)14-4-7-16(8-5-14)26(24,25)21-15-6-9-17(19-11-15)22-18(23)10-13(3)20-22/h4-12,20-21H,1-3H3. The molecule has 0 aliphatic rings. The van der Waals surface area contributed by atoms with Gasteiger partial charge in [-0.05, 0) is 42.7 Å². The molecule has 0 spiro atoms. The van der Waals surface area contributed by atoms with Crippen LogP contribution in [0.2, 0.25) is 0 Å². The second-order valence-corrected chi connectivity index (χ2v) is 8.03. The van der Waals surface area contributed by atoms with E-state index in [2.05, 4.69) is 14.8 Å². The van der Waals surface area contributed by atoms with Crippen LogP contribution in [-0.4, -0.2) is 23.2 Å². The first-order chi connectivity index (χ1) is 12.3. The Morgan fingerprint density at radius 1 is 1.12 bits per heavy atom. The summed E-state index contributed by atoms with van der Waals surface area (Å²) in [6, 6.07) is 11.4. The summed E-state index contributed by atoms with van der Waals surface area (Å²) in [5.41, 5.74) is 1.87. The third kappa shape index (κ3) is 3.70. The number of hydrogen-bond donors (Lipinski definition) is 2. The van der Waals surface area contributed by atoms with Gasteiger partial charge in [0.1, 0.15) is 0 Å². The summed E-state index contributed by atoms with van der Waals surface area (Å²) < 4.78 is 28.8. The molecule has 0 bridgehead atoms. The van der Waals surface area contributed by atoms with Crippen molar-refractivity contribution in [3.05, 3.63) is 70.3 Å². The van der Waals surface area contributed by atoms with Crippen LogP contribution in [0.5, 0.6) is 0 Å². The van der Waals surface area contributed by atoms with E-state index in [4.69, 9.17) is 0 Å². The third-order valence-electron chi connectivity index (χ3n) is 3.93. The molecule has 7 nitrogen and oxygen atoms in total. The molecular weight excluding hydrogens is 352 g/mol. The lowest BCUT2D eigenvalue weighted by atomic mass is 10.0. The number of benzene rings is 1. The molecule has 0 amide bonds. The van der Waals surface area contributed by atoms with Crippen molar-refractivity contribution in [2.75, 3.05) is 4.72 Å². The second kappa shape index (κ2) is 6.80. The van der Waals surface area contributed by atoms with Gasteiger partial charge in [-0.1, -0.05) is 26.0 Å². The number of rotatable bonds is 5. The zero-order valence-corrected chi connectivity index (χ0v) is 15.5. The molecule has 0 aliphatic heterocycles. The summed E-state index contributed by atoms with van der Waals surface area (Å²) in [6.45, 7) is 5.86. The average Bonchev–Trinajstić information content (AvgIpc) is 2.93. The van der Waals surface area contributed by atoms with Crippen LogP contribution in [0.25, 0.3) is 5.82 Å². The zero-order valence-electron chi connectivity index (χ0n) is 14.7. The van der Waals surface area contributed by atoms with Gasteiger partial charge in [-0.15, -0.1) is 0 Å². The lowest BCUT2D eigenvalue weighted by Gasteiger charge is -2.10. The first kappa shape index (κ1) is 17.9. The van der Waals surface area contributed by atoms with E-state index in [9.17, 15) is 13.2 Å². The van der Waals surface area contributed by atoms with E-state index in [0.717, 1.165) is 5.56 Å². The number of nitrogens with zero attached hydrogens (tertiary/aromatic N) is 2. The Labute approximate surface area is 151 Å². The molecule has 0 unspecified atom stereocenters. The minimum absolute atomic E-state index is 0.183. The molecule has 2 heterocycles. The third-order valence-corrected chi connectivity index (χ3v) is 5.33. The van der Waals surface area contributed by atoms with E-state index in [0.29, 0.717) is 23.1 Å². The highest BCUT2D eigenvalue weighted by atomic mass is 32.2. The SMILES string of the molecule is Cc1cc(=O)n(-c2ccc(NS(=O)(=O)c3ccc(C(C)C)cc3)cn2)[nH]1. The van der Waals surface area contributed by atoms with Crippen molar-refractivity contribution in [3.8, 4) is 5.82 Å². The van der Waals surface area contributed by atoms with Crippen LogP contribution in [0.4, 0.5) is 5.69 Å². The molecule has 1 aromatic carbocycles. The quantitative estimate of drug-likeness (QED) is 0.720. The van der Waals surface area contributed by atoms with Gasteiger partial charge in [0.25, 0.3) is 15.6 Å². The minimum atomic E-state index is -3.70. The number of nitrogens with one attached hydrogen (secondary N) is 2. The van der Waals surface area contributed by atoms with Gasteiger partial charge in [0, 0.05) is 11.8 Å². The molecule has 8 heteroatoms. The molecule has 0 fully saturated rings. The van der Waals surface area contributed by atoms with Crippen LogP contribution >= 0.6 is 0 Å². The van der Waals surface area contributed by atoms with Gasteiger partial charge in [0.2, 0.25) is 0 Å². The zero-order chi connectivity index (χ0) is 18.9. The van der Waals surface area contributed by atoms with E-state index in [1.54, 1.807) is 43.3 Å². The average molecular weight is 372 g/mol. The van der Waals surface area contributed by atoms with E-state index >= 15 is 0 Å². The maximum absolute atomic E-state index is 12.5. The molecule has 0 aliphatic carbocycles. The summed E-state index contributed by atoms with van der Waals surface area (Å²) in [4.78, 5) is 16.1. The van der Waals surface area contributed by atoms with Gasteiger partial charge in [-0.2, -0.15) is 0 Å². The summed E-state index contributed by atoms with van der Waals surface area (Å²) in [5.74, 6) is 0.712. The van der Waals surface area contributed by atoms with Gasteiger partial charge in [0.15, 0.2) is 5.82 Å². The predicted octanol–water partition coefficient (Wildman–Crippen LogP) is 2.79. The number of pyridine rings is 1. The largest absolute Gasteiger partial charge is 0.294 e. The Kier molecular flexibility index (Phi) is 4.69. The number of aromatic nitrogens is 3. The van der Waals surface area contributed by atoms with Crippen LogP contribution < -0.4 is 10.3 Å². The lowest BCUT2D eigenvalue weighted by Crippen LogP contribution is -2.16. The van der Waals surface area contributed by atoms with Crippen LogP contribution in [0.15, 0.2) is 58.4 Å². The van der Waals surface area contributed by atoms with Crippen molar-refractivity contribution >= 4 is 15.7 Å². The van der Waals surface area contributed by atoms with Gasteiger partial charge >= 0.3 is 0 Å². The van der Waals surface area contributed by atoms with Crippen molar-refractivity contribution in [2.45, 2.75) is 31.6 Å². The molecule has 0 saturated heterocycles. The van der Waals surface area contributed by atoms with Crippen LogP contribution in [0, 0.1) is 6.92 Å². The molecule has 2 aromatic heterocycles. The van der Waals surface area contributed by atoms with Crippen LogP contribution in [0.1, 0.15) is 31.0 Å². The fraction of sp³-hybridized carbons (Fsp3) is 0.222. The summed E-state index contributed by atoms with van der Waals surface area (Å²) in [5, 5.41) is 2.87. The Bertz CT molecular complexity index is 1060. The number of anilines is 1. The molecule has 3 aromatic rings. The molecule has 3 rings (SSSR count). The molecule has 136 valence electrons. The van der Waals surface area contributed by atoms with Crippen molar-refractivity contribution < 1.29 is 8.42 Å². The fourth-order valence-corrected chi connectivity index (χ4v) is 3.55. The van der Waals surface area contributed by atoms with Crippen molar-refractivity contribution in [1.82, 2.24) is 14.8 Å². The van der Waals surface area contributed by atoms with Gasteiger partial charge in [-0.25, -0.2) is 18.1 Å². The maximum atomic E-state index is 12.5. The highest BCUT2D eigenvalue weighted by Crippen LogP contribution is 2.20. The summed E-state index contributed by atoms with van der Waals surface area (Å²) in [6.07, 6.45) is 1.37. The Balaban J connectivity index is 1.81. The number of H-pyrrole nitrogens is 1. The number of hydrogen-bond acceptors (Lipinski definition) is 4. The van der Waals surface area contributed by atoms with Crippen LogP contribution in [0.3, 0.4) is 0 Å². The number of sulfonamides is 1. The predicted molar refractivity (Wildman–Crippen MR) is 100 cm³/mol. The molecule has 26 heavy (non-hydrogen) atoms. The number of aryl methyl sites for hydroxylation is 1. The van der Waals surface area contributed by atoms with Crippen molar-refractivity contribution in [2.24, 2.45) is 0 Å². The lowest BCUT2D eigenvalue weighted by molar-refractivity contribution is 0.601. The monoisotopic (exact) mass is 372 g/mol. The summed E-state index contributed by atoms with van der Waals surface area (Å²) in [7, 11) is -3.70. The van der Waals surface area contributed by atoms with E-state index in [1.165, 1.54) is 16.9 Å². The van der Waals surface area contributed by atoms with E-state index in [-0.39, 0.29) is 10.5 Å². The first-order valence-corrected chi connectivity index (χ1v) is 9.62. The van der Waals surface area contributed by atoms with E-state index in [1.807, 2.05) is 13.8 Å². The Morgan fingerprint density at radius 2 is 1.81 bits per heavy atom. The topological polar surface area (TPSA) is 96.8 Å². The Morgan fingerprint density at radius 3 is 2.31 bits per heavy atom. The Hall–Kier alpha value is -2.87. The molecule has 0 atom stereocenters. The normalized spacial score (nSPS) is 11.7. The minimum Gasteiger partial charge on any atom is -0.294 e. The molecule has 0 radical (unpaired) electrons. The van der Waals surface area contributed by atoms with Crippen LogP contribution in [-0.2, 0) is 10.0 Å². The summed E-state index contributed by atoms with van der Waals surface area (Å²) >= 11 is 0. The van der Waals surface area contributed by atoms with Crippen molar-refractivity contribution in [3.63, 3.8) is 0 Å². The molecule has 2 N–H and O–H groups in total. The van der Waals surface area contributed by atoms with Gasteiger partial charge in [-0.3, -0.25) is 14.6 Å². The first-order valence-electron chi connectivity index (χ1n) is 8.14. The molecule has 0 saturated carbocycles. The van der Waals surface area contributed by atoms with Crippen molar-refractivity contribution in [1.29, 1.82) is 0 Å². The smallest absolute Gasteiger partial charge is 0.272 e. The highest BCUT2D eigenvalue weighted by molar-refractivity contribution is 7.92. The maximum Gasteiger partial charge on any atom is 0.272 e. The molecular formula is C18H20N4O3S.